The fraction of sp³-hybridized carbons (Fsp3) is 0.500. The average molecular weight is 447 g/mol. The van der Waals surface area contributed by atoms with Crippen LogP contribution in [0, 0.1) is 37.3 Å². The Bertz CT molecular complexity index is 846. The van der Waals surface area contributed by atoms with E-state index in [1.54, 1.807) is 31.5 Å². The fourth-order valence-electron chi connectivity index (χ4n) is 4.15. The third-order valence-electron chi connectivity index (χ3n) is 5.81. The molecule has 32 heavy (non-hydrogen) atoms. The van der Waals surface area contributed by atoms with Crippen LogP contribution in [0.4, 0.5) is 8.78 Å². The van der Waals surface area contributed by atoms with Crippen molar-refractivity contribution in [2.75, 3.05) is 6.54 Å². The molecule has 6 heteroatoms. The van der Waals surface area contributed by atoms with Gasteiger partial charge in [-0.1, -0.05) is 44.5 Å². The van der Waals surface area contributed by atoms with E-state index in [2.05, 4.69) is 19.2 Å². The van der Waals surface area contributed by atoms with E-state index < -0.39 is 5.91 Å². The molecule has 2 aromatic carbocycles. The number of nitrogens with one attached hydrogen (secondary N) is 2. The number of amides is 1. The average Bonchev–Trinajstić information content (AvgIpc) is 2.75. The van der Waals surface area contributed by atoms with Crippen LogP contribution in [0.15, 0.2) is 36.4 Å². The molecule has 0 aliphatic rings. The molecule has 0 unspecified atom stereocenters. The number of hydrogen-bond donors (Lipinski definition) is 3. The zero-order chi connectivity index (χ0) is 23.7. The largest absolute Gasteiger partial charge is 0.310 e. The molecule has 2 atom stereocenters. The molecule has 176 valence electrons. The predicted octanol–water partition coefficient (Wildman–Crippen LogP) is 5.79. The molecule has 1 amide bonds. The third-order valence-corrected chi connectivity index (χ3v) is 5.81. The number of halogens is 2. The van der Waals surface area contributed by atoms with E-state index in [0.717, 1.165) is 36.9 Å². The molecule has 0 saturated carbocycles. The summed E-state index contributed by atoms with van der Waals surface area (Å²) in [6.07, 6.45) is 3.70. The summed E-state index contributed by atoms with van der Waals surface area (Å²) in [5.74, 6) is -0.760. The molecule has 0 aliphatic carbocycles. The van der Waals surface area contributed by atoms with Crippen LogP contribution >= 0.6 is 0 Å². The molecule has 0 heterocycles. The lowest BCUT2D eigenvalue weighted by atomic mass is 9.91. The lowest BCUT2D eigenvalue weighted by Gasteiger charge is -2.22. The zero-order valence-corrected chi connectivity index (χ0v) is 19.6. The molecule has 0 bridgehead atoms. The summed E-state index contributed by atoms with van der Waals surface area (Å²) in [7, 11) is 0. The number of hydroxylamine groups is 1. The van der Waals surface area contributed by atoms with Gasteiger partial charge in [0.1, 0.15) is 11.6 Å². The van der Waals surface area contributed by atoms with Crippen LogP contribution in [-0.2, 0) is 11.2 Å². The van der Waals surface area contributed by atoms with Crippen molar-refractivity contribution in [1.82, 2.24) is 10.8 Å². The minimum absolute atomic E-state index is 0.150. The lowest BCUT2D eigenvalue weighted by Crippen LogP contribution is -2.30. The van der Waals surface area contributed by atoms with Gasteiger partial charge in [-0.3, -0.25) is 10.0 Å². The Kier molecular flexibility index (Phi) is 10.3. The molecule has 0 spiro atoms. The Morgan fingerprint density at radius 3 is 2.22 bits per heavy atom. The second kappa shape index (κ2) is 12.7. The van der Waals surface area contributed by atoms with E-state index in [4.69, 9.17) is 5.21 Å². The van der Waals surface area contributed by atoms with E-state index in [0.29, 0.717) is 29.9 Å². The molecular formula is C26H36F2N2O2. The maximum atomic E-state index is 13.9. The Morgan fingerprint density at radius 1 is 1.03 bits per heavy atom. The van der Waals surface area contributed by atoms with Gasteiger partial charge >= 0.3 is 0 Å². The highest BCUT2D eigenvalue weighted by atomic mass is 19.1. The lowest BCUT2D eigenvalue weighted by molar-refractivity contribution is -0.133. The minimum atomic E-state index is -0.415. The Labute approximate surface area is 190 Å². The SMILES string of the molecule is Cc1cc(C[C@H](CCCCN[C@@H](CC(C)C)c2ccc(F)cc2)C(=O)NO)cc(C)c1F. The van der Waals surface area contributed by atoms with Gasteiger partial charge in [-0.05, 0) is 86.4 Å². The zero-order valence-electron chi connectivity index (χ0n) is 19.6. The summed E-state index contributed by atoms with van der Waals surface area (Å²) in [4.78, 5) is 12.2. The van der Waals surface area contributed by atoms with Crippen molar-refractivity contribution in [1.29, 1.82) is 0 Å². The summed E-state index contributed by atoms with van der Waals surface area (Å²) in [6, 6.07) is 10.3. The van der Waals surface area contributed by atoms with Crippen molar-refractivity contribution in [2.24, 2.45) is 11.8 Å². The molecule has 2 rings (SSSR count). The van der Waals surface area contributed by atoms with Crippen molar-refractivity contribution in [3.05, 3.63) is 70.3 Å². The van der Waals surface area contributed by atoms with Crippen LogP contribution in [-0.4, -0.2) is 17.7 Å². The molecule has 0 aromatic heterocycles. The molecule has 0 aliphatic heterocycles. The summed E-state index contributed by atoms with van der Waals surface area (Å²) < 4.78 is 27.2. The first-order chi connectivity index (χ1) is 15.2. The van der Waals surface area contributed by atoms with Crippen LogP contribution < -0.4 is 10.8 Å². The quantitative estimate of drug-likeness (QED) is 0.220. The molecular weight excluding hydrogens is 410 g/mol. The predicted molar refractivity (Wildman–Crippen MR) is 123 cm³/mol. The Morgan fingerprint density at radius 2 is 1.66 bits per heavy atom. The van der Waals surface area contributed by atoms with Crippen molar-refractivity contribution >= 4 is 5.91 Å². The van der Waals surface area contributed by atoms with Gasteiger partial charge in [0.25, 0.3) is 0 Å². The molecule has 4 nitrogen and oxygen atoms in total. The van der Waals surface area contributed by atoms with Gasteiger partial charge < -0.3 is 5.32 Å². The molecule has 0 saturated heterocycles. The van der Waals surface area contributed by atoms with Gasteiger partial charge in [-0.2, -0.15) is 0 Å². The van der Waals surface area contributed by atoms with Gasteiger partial charge in [-0.25, -0.2) is 14.3 Å². The molecule has 0 fully saturated rings. The fourth-order valence-corrected chi connectivity index (χ4v) is 4.15. The minimum Gasteiger partial charge on any atom is -0.310 e. The van der Waals surface area contributed by atoms with Crippen molar-refractivity contribution in [3.63, 3.8) is 0 Å². The number of benzene rings is 2. The van der Waals surface area contributed by atoms with Crippen molar-refractivity contribution in [2.45, 2.75) is 65.8 Å². The highest BCUT2D eigenvalue weighted by molar-refractivity contribution is 5.77. The summed E-state index contributed by atoms with van der Waals surface area (Å²) in [6.45, 7) is 8.53. The van der Waals surface area contributed by atoms with Gasteiger partial charge in [0.05, 0.1) is 0 Å². The smallest absolute Gasteiger partial charge is 0.246 e. The second-order valence-electron chi connectivity index (χ2n) is 9.10. The topological polar surface area (TPSA) is 61.4 Å². The highest BCUT2D eigenvalue weighted by Crippen LogP contribution is 2.23. The first-order valence-electron chi connectivity index (χ1n) is 11.4. The van der Waals surface area contributed by atoms with Gasteiger partial charge in [0.15, 0.2) is 0 Å². The third kappa shape index (κ3) is 7.99. The standard InChI is InChI=1S/C26H36F2N2O2/c1-17(2)13-24(21-8-10-23(27)11-9-21)29-12-6-5-7-22(26(31)30-32)16-20-14-18(3)25(28)19(4)15-20/h8-11,14-15,17,22,24,29,32H,5-7,12-13,16H2,1-4H3,(H,30,31)/t22-,24-/m0/s1. The number of hydrogen-bond acceptors (Lipinski definition) is 3. The highest BCUT2D eigenvalue weighted by Gasteiger charge is 2.19. The summed E-state index contributed by atoms with van der Waals surface area (Å²) in [5, 5.41) is 12.7. The number of carbonyl (C=O) groups excluding carboxylic acids is 1. The number of unbranched alkanes of at least 4 members (excludes halogenated alkanes) is 1. The number of rotatable bonds is 12. The summed E-state index contributed by atoms with van der Waals surface area (Å²) in [5.41, 5.74) is 4.85. The normalized spacial score (nSPS) is 13.2. The molecule has 2 aromatic rings. The van der Waals surface area contributed by atoms with Gasteiger partial charge in [-0.15, -0.1) is 0 Å². The second-order valence-corrected chi connectivity index (χ2v) is 9.10. The van der Waals surface area contributed by atoms with E-state index >= 15 is 0 Å². The summed E-state index contributed by atoms with van der Waals surface area (Å²) >= 11 is 0. The van der Waals surface area contributed by atoms with E-state index in [-0.39, 0.29) is 23.6 Å². The Balaban J connectivity index is 1.90. The van der Waals surface area contributed by atoms with Crippen LogP contribution in [0.3, 0.4) is 0 Å². The molecule has 0 radical (unpaired) electrons. The first kappa shape index (κ1) is 25.9. The first-order valence-corrected chi connectivity index (χ1v) is 11.4. The van der Waals surface area contributed by atoms with Crippen LogP contribution in [0.25, 0.3) is 0 Å². The van der Waals surface area contributed by atoms with E-state index in [1.165, 1.54) is 12.1 Å². The molecule has 3 N–H and O–H groups in total. The number of aryl methyl sites for hydroxylation is 2. The number of carbonyl (C=O) groups is 1. The van der Waals surface area contributed by atoms with Crippen LogP contribution in [0.2, 0.25) is 0 Å². The van der Waals surface area contributed by atoms with Crippen molar-refractivity contribution < 1.29 is 18.8 Å². The van der Waals surface area contributed by atoms with Crippen molar-refractivity contribution in [3.8, 4) is 0 Å². The Hall–Kier alpha value is -2.31. The maximum Gasteiger partial charge on any atom is 0.246 e. The van der Waals surface area contributed by atoms with Gasteiger partial charge in [0, 0.05) is 12.0 Å². The van der Waals surface area contributed by atoms with Crippen LogP contribution in [0.1, 0.15) is 67.8 Å². The van der Waals surface area contributed by atoms with Gasteiger partial charge in [0.2, 0.25) is 5.91 Å². The van der Waals surface area contributed by atoms with E-state index in [1.807, 2.05) is 12.1 Å². The maximum absolute atomic E-state index is 13.9. The van der Waals surface area contributed by atoms with E-state index in [9.17, 15) is 13.6 Å². The monoisotopic (exact) mass is 446 g/mol. The van der Waals surface area contributed by atoms with Crippen LogP contribution in [0.5, 0.6) is 0 Å².